The zero-order valence-corrected chi connectivity index (χ0v) is 9.45. The number of hydrogen-bond donors (Lipinski definition) is 1. The summed E-state index contributed by atoms with van der Waals surface area (Å²) in [5.74, 6) is 0. The summed E-state index contributed by atoms with van der Waals surface area (Å²) in [5.41, 5.74) is 7.92. The normalized spacial score (nSPS) is 22.1. The van der Waals surface area contributed by atoms with Crippen LogP contribution in [0.3, 0.4) is 0 Å². The Labute approximate surface area is 92.1 Å². The first kappa shape index (κ1) is 10.5. The van der Waals surface area contributed by atoms with Crippen LogP contribution in [0.15, 0.2) is 24.3 Å². The van der Waals surface area contributed by atoms with Crippen LogP contribution < -0.4 is 5.73 Å². The van der Waals surface area contributed by atoms with Gasteiger partial charge in [0, 0.05) is 11.7 Å². The molecule has 1 fully saturated rings. The van der Waals surface area contributed by atoms with Crippen LogP contribution in [0.1, 0.15) is 24.8 Å². The fraction of sp³-hybridized carbons (Fsp3) is 0.538. The van der Waals surface area contributed by atoms with Crippen LogP contribution in [0.5, 0.6) is 0 Å². The molecule has 2 heteroatoms. The second-order valence-corrected chi connectivity index (χ2v) is 4.56. The van der Waals surface area contributed by atoms with Crippen LogP contribution in [-0.4, -0.2) is 24.5 Å². The number of benzene rings is 1. The third-order valence-corrected chi connectivity index (χ3v) is 3.42. The number of aryl methyl sites for hydroxylation is 1. The molecule has 2 rings (SSSR count). The van der Waals surface area contributed by atoms with Crippen molar-refractivity contribution in [2.24, 2.45) is 0 Å². The van der Waals surface area contributed by atoms with E-state index < -0.39 is 0 Å². The average Bonchev–Trinajstić information content (AvgIpc) is 2.63. The van der Waals surface area contributed by atoms with Crippen LogP contribution in [0.25, 0.3) is 0 Å². The standard InChI is InChI=1S/C13H20N2/c1-15-10-2-3-13(15)9-6-11-4-7-12(14)8-5-11/h4-5,7-8,13H,2-3,6,9-10,14H2,1H3. The van der Waals surface area contributed by atoms with Gasteiger partial charge in [-0.25, -0.2) is 0 Å². The van der Waals surface area contributed by atoms with Gasteiger partial charge >= 0.3 is 0 Å². The lowest BCUT2D eigenvalue weighted by molar-refractivity contribution is 0.296. The lowest BCUT2D eigenvalue weighted by Crippen LogP contribution is -2.25. The van der Waals surface area contributed by atoms with E-state index in [2.05, 4.69) is 24.1 Å². The Morgan fingerprint density at radius 1 is 1.33 bits per heavy atom. The summed E-state index contributed by atoms with van der Waals surface area (Å²) in [7, 11) is 2.24. The zero-order valence-electron chi connectivity index (χ0n) is 9.45. The van der Waals surface area contributed by atoms with Crippen molar-refractivity contribution in [3.63, 3.8) is 0 Å². The minimum absolute atomic E-state index is 0.794. The maximum Gasteiger partial charge on any atom is 0.0314 e. The second kappa shape index (κ2) is 4.67. The number of anilines is 1. The molecule has 2 N–H and O–H groups in total. The van der Waals surface area contributed by atoms with Gasteiger partial charge in [0.25, 0.3) is 0 Å². The molecule has 82 valence electrons. The molecule has 0 aromatic heterocycles. The third-order valence-electron chi connectivity index (χ3n) is 3.42. The van der Waals surface area contributed by atoms with E-state index in [0.29, 0.717) is 0 Å². The summed E-state index contributed by atoms with van der Waals surface area (Å²) in [6, 6.07) is 9.07. The highest BCUT2D eigenvalue weighted by molar-refractivity contribution is 5.39. The molecule has 0 radical (unpaired) electrons. The molecule has 1 unspecified atom stereocenters. The Balaban J connectivity index is 1.85. The van der Waals surface area contributed by atoms with Gasteiger partial charge in [0.15, 0.2) is 0 Å². The average molecular weight is 204 g/mol. The van der Waals surface area contributed by atoms with Crippen LogP contribution in [-0.2, 0) is 6.42 Å². The molecule has 1 aliphatic heterocycles. The van der Waals surface area contributed by atoms with E-state index in [4.69, 9.17) is 5.73 Å². The molecule has 0 spiro atoms. The fourth-order valence-electron chi connectivity index (χ4n) is 2.36. The third kappa shape index (κ3) is 2.72. The summed E-state index contributed by atoms with van der Waals surface area (Å²) in [6.45, 7) is 1.27. The predicted molar refractivity (Wildman–Crippen MR) is 64.8 cm³/mol. The monoisotopic (exact) mass is 204 g/mol. The summed E-state index contributed by atoms with van der Waals surface area (Å²) in [5, 5.41) is 0. The van der Waals surface area contributed by atoms with Gasteiger partial charge in [0.05, 0.1) is 0 Å². The second-order valence-electron chi connectivity index (χ2n) is 4.56. The molecule has 0 saturated carbocycles. The van der Waals surface area contributed by atoms with Gasteiger partial charge in [-0.15, -0.1) is 0 Å². The fourth-order valence-corrected chi connectivity index (χ4v) is 2.36. The Morgan fingerprint density at radius 3 is 2.67 bits per heavy atom. The van der Waals surface area contributed by atoms with E-state index in [1.165, 1.54) is 37.8 Å². The van der Waals surface area contributed by atoms with Crippen LogP contribution in [0.4, 0.5) is 5.69 Å². The van der Waals surface area contributed by atoms with Gasteiger partial charge in [-0.3, -0.25) is 0 Å². The number of hydrogen-bond acceptors (Lipinski definition) is 2. The van der Waals surface area contributed by atoms with E-state index in [9.17, 15) is 0 Å². The molecule has 0 amide bonds. The molecule has 0 aliphatic carbocycles. The first-order valence-electron chi connectivity index (χ1n) is 5.80. The molecule has 15 heavy (non-hydrogen) atoms. The number of nitrogens with two attached hydrogens (primary N) is 1. The lowest BCUT2D eigenvalue weighted by Gasteiger charge is -2.19. The van der Waals surface area contributed by atoms with Crippen molar-refractivity contribution in [1.82, 2.24) is 4.90 Å². The Hall–Kier alpha value is -1.02. The number of nitrogens with zero attached hydrogens (tertiary/aromatic N) is 1. The molecule has 1 atom stereocenters. The van der Waals surface area contributed by atoms with Crippen LogP contribution >= 0.6 is 0 Å². The molecular formula is C13H20N2. The Morgan fingerprint density at radius 2 is 2.07 bits per heavy atom. The summed E-state index contributed by atoms with van der Waals surface area (Å²) < 4.78 is 0. The van der Waals surface area contributed by atoms with Gasteiger partial charge < -0.3 is 10.6 Å². The number of nitrogen functional groups attached to an aromatic ring is 1. The lowest BCUT2D eigenvalue weighted by atomic mass is 10.0. The highest BCUT2D eigenvalue weighted by Gasteiger charge is 2.19. The van der Waals surface area contributed by atoms with Crippen LogP contribution in [0, 0.1) is 0 Å². The van der Waals surface area contributed by atoms with Crippen LogP contribution in [0.2, 0.25) is 0 Å². The van der Waals surface area contributed by atoms with Gasteiger partial charge in [-0.05, 0) is 57.0 Å². The number of likely N-dealkylation sites (tertiary alicyclic amines) is 1. The molecule has 1 heterocycles. The van der Waals surface area contributed by atoms with E-state index in [1.54, 1.807) is 0 Å². The van der Waals surface area contributed by atoms with E-state index in [0.717, 1.165) is 11.7 Å². The topological polar surface area (TPSA) is 29.3 Å². The molecular weight excluding hydrogens is 184 g/mol. The van der Waals surface area contributed by atoms with Gasteiger partial charge in [0.2, 0.25) is 0 Å². The van der Waals surface area contributed by atoms with Crippen molar-refractivity contribution < 1.29 is 0 Å². The van der Waals surface area contributed by atoms with Crippen molar-refractivity contribution in [1.29, 1.82) is 0 Å². The first-order chi connectivity index (χ1) is 7.25. The minimum atomic E-state index is 0.794. The van der Waals surface area contributed by atoms with Crippen molar-refractivity contribution in [2.45, 2.75) is 31.7 Å². The Kier molecular flexibility index (Phi) is 3.27. The van der Waals surface area contributed by atoms with Gasteiger partial charge in [0.1, 0.15) is 0 Å². The smallest absolute Gasteiger partial charge is 0.0314 e. The maximum absolute atomic E-state index is 5.66. The molecule has 0 bridgehead atoms. The first-order valence-corrected chi connectivity index (χ1v) is 5.80. The molecule has 1 aliphatic rings. The zero-order chi connectivity index (χ0) is 10.7. The van der Waals surface area contributed by atoms with Gasteiger partial charge in [-0.1, -0.05) is 12.1 Å². The molecule has 1 aromatic rings. The summed E-state index contributed by atoms with van der Waals surface area (Å²) in [4.78, 5) is 2.48. The van der Waals surface area contributed by atoms with Gasteiger partial charge in [-0.2, -0.15) is 0 Å². The van der Waals surface area contributed by atoms with E-state index in [1.807, 2.05) is 12.1 Å². The van der Waals surface area contributed by atoms with Crippen molar-refractivity contribution >= 4 is 5.69 Å². The maximum atomic E-state index is 5.66. The molecule has 2 nitrogen and oxygen atoms in total. The summed E-state index contributed by atoms with van der Waals surface area (Å²) in [6.07, 6.45) is 5.18. The van der Waals surface area contributed by atoms with Crippen molar-refractivity contribution in [2.75, 3.05) is 19.3 Å². The predicted octanol–water partition coefficient (Wildman–Crippen LogP) is 2.30. The van der Waals surface area contributed by atoms with E-state index in [-0.39, 0.29) is 0 Å². The summed E-state index contributed by atoms with van der Waals surface area (Å²) >= 11 is 0. The quantitative estimate of drug-likeness (QED) is 0.765. The molecule has 1 saturated heterocycles. The largest absolute Gasteiger partial charge is 0.399 e. The Bertz CT molecular complexity index is 305. The highest BCUT2D eigenvalue weighted by Crippen LogP contribution is 2.20. The number of rotatable bonds is 3. The van der Waals surface area contributed by atoms with E-state index >= 15 is 0 Å². The highest BCUT2D eigenvalue weighted by atomic mass is 15.1. The van der Waals surface area contributed by atoms with Crippen molar-refractivity contribution in [3.05, 3.63) is 29.8 Å². The van der Waals surface area contributed by atoms with Crippen molar-refractivity contribution in [3.8, 4) is 0 Å². The minimum Gasteiger partial charge on any atom is -0.399 e. The SMILES string of the molecule is CN1CCCC1CCc1ccc(N)cc1. The molecule has 1 aromatic carbocycles.